The number of aryl methyl sites for hydroxylation is 1. The Morgan fingerprint density at radius 2 is 1.87 bits per heavy atom. The molecule has 0 atom stereocenters. The van der Waals surface area contributed by atoms with Crippen LogP contribution in [0.2, 0.25) is 0 Å². The number of ketones is 1. The largest absolute Gasteiger partial charge is 0.485 e. The van der Waals surface area contributed by atoms with Crippen molar-refractivity contribution in [1.82, 2.24) is 4.90 Å². The first-order valence-electron chi connectivity index (χ1n) is 10.2. The van der Waals surface area contributed by atoms with E-state index in [2.05, 4.69) is 0 Å². The maximum absolute atomic E-state index is 12.7. The SMILES string of the molecule is Cc1ccccc1OCC(=O)c1ccc2c(c1)N(CC(=O)N1CCOCC1)C(=O)CO2. The molecule has 1 saturated heterocycles. The van der Waals surface area contributed by atoms with Crippen LogP contribution in [-0.2, 0) is 14.3 Å². The Morgan fingerprint density at radius 1 is 1.10 bits per heavy atom. The lowest BCUT2D eigenvalue weighted by Crippen LogP contribution is -2.49. The molecule has 0 radical (unpaired) electrons. The van der Waals surface area contributed by atoms with Crippen LogP contribution in [0.4, 0.5) is 5.69 Å². The summed E-state index contributed by atoms with van der Waals surface area (Å²) in [6.45, 7) is 3.49. The van der Waals surface area contributed by atoms with Gasteiger partial charge in [-0.1, -0.05) is 18.2 Å². The summed E-state index contributed by atoms with van der Waals surface area (Å²) in [5, 5.41) is 0. The molecule has 0 N–H and O–H groups in total. The van der Waals surface area contributed by atoms with Gasteiger partial charge in [0, 0.05) is 18.7 Å². The standard InChI is InChI=1S/C23H24N2O6/c1-16-4-2-3-5-20(16)30-14-19(26)17-6-7-21-18(12-17)25(23(28)15-31-21)13-22(27)24-8-10-29-11-9-24/h2-7,12H,8-11,13-15H2,1H3. The lowest BCUT2D eigenvalue weighted by molar-refractivity contribution is -0.135. The molecule has 0 bridgehead atoms. The summed E-state index contributed by atoms with van der Waals surface area (Å²) in [5.41, 5.74) is 1.74. The van der Waals surface area contributed by atoms with Gasteiger partial charge in [0.15, 0.2) is 19.0 Å². The fourth-order valence-corrected chi connectivity index (χ4v) is 3.54. The van der Waals surface area contributed by atoms with Crippen LogP contribution in [0.5, 0.6) is 11.5 Å². The minimum Gasteiger partial charge on any atom is -0.485 e. The number of Topliss-reactive ketones (excluding diaryl/α,β-unsaturated/α-hetero) is 1. The summed E-state index contributed by atoms with van der Waals surface area (Å²) in [5.74, 6) is 0.387. The number of morpholine rings is 1. The monoisotopic (exact) mass is 424 g/mol. The van der Waals surface area contributed by atoms with Gasteiger partial charge < -0.3 is 19.1 Å². The van der Waals surface area contributed by atoms with Crippen molar-refractivity contribution in [2.75, 3.05) is 51.0 Å². The molecule has 0 aliphatic carbocycles. The predicted octanol–water partition coefficient (Wildman–Crippen LogP) is 1.84. The number of benzene rings is 2. The molecule has 0 unspecified atom stereocenters. The van der Waals surface area contributed by atoms with Gasteiger partial charge in [0.05, 0.1) is 18.9 Å². The quantitative estimate of drug-likeness (QED) is 0.658. The number of anilines is 1. The van der Waals surface area contributed by atoms with Gasteiger partial charge in [-0.3, -0.25) is 19.3 Å². The van der Waals surface area contributed by atoms with Crippen LogP contribution in [0, 0.1) is 6.92 Å². The number of hydrogen-bond donors (Lipinski definition) is 0. The van der Waals surface area contributed by atoms with E-state index in [1.165, 1.54) is 4.90 Å². The lowest BCUT2D eigenvalue weighted by atomic mass is 10.1. The third-order valence-electron chi connectivity index (χ3n) is 5.33. The van der Waals surface area contributed by atoms with Crippen LogP contribution in [0.25, 0.3) is 0 Å². The van der Waals surface area contributed by atoms with E-state index < -0.39 is 0 Å². The highest BCUT2D eigenvalue weighted by atomic mass is 16.5. The molecule has 2 aliphatic heterocycles. The number of ether oxygens (including phenoxy) is 3. The maximum Gasteiger partial charge on any atom is 0.265 e. The van der Waals surface area contributed by atoms with E-state index in [0.717, 1.165) is 5.56 Å². The maximum atomic E-state index is 12.7. The van der Waals surface area contributed by atoms with Gasteiger partial charge in [-0.25, -0.2) is 0 Å². The highest BCUT2D eigenvalue weighted by Gasteiger charge is 2.30. The van der Waals surface area contributed by atoms with Gasteiger partial charge in [-0.2, -0.15) is 0 Å². The van der Waals surface area contributed by atoms with Crippen molar-refractivity contribution in [1.29, 1.82) is 0 Å². The second-order valence-electron chi connectivity index (χ2n) is 7.42. The molecule has 0 spiro atoms. The molecule has 2 heterocycles. The smallest absolute Gasteiger partial charge is 0.265 e. The predicted molar refractivity (Wildman–Crippen MR) is 113 cm³/mol. The Hall–Kier alpha value is -3.39. The first kappa shape index (κ1) is 20.9. The highest BCUT2D eigenvalue weighted by molar-refractivity contribution is 6.04. The second-order valence-corrected chi connectivity index (χ2v) is 7.42. The second kappa shape index (κ2) is 9.18. The van der Waals surface area contributed by atoms with Crippen LogP contribution in [-0.4, -0.2) is 68.6 Å². The minimum absolute atomic E-state index is 0.105. The molecule has 31 heavy (non-hydrogen) atoms. The number of hydrogen-bond acceptors (Lipinski definition) is 6. The zero-order valence-electron chi connectivity index (χ0n) is 17.3. The van der Waals surface area contributed by atoms with E-state index in [0.29, 0.717) is 49.1 Å². The number of para-hydroxylation sites is 1. The summed E-state index contributed by atoms with van der Waals surface area (Å²) in [4.78, 5) is 41.0. The average molecular weight is 424 g/mol. The summed E-state index contributed by atoms with van der Waals surface area (Å²) in [6, 6.07) is 12.3. The van der Waals surface area contributed by atoms with Gasteiger partial charge in [0.1, 0.15) is 18.0 Å². The van der Waals surface area contributed by atoms with Crippen LogP contribution < -0.4 is 14.4 Å². The molecule has 162 valence electrons. The lowest BCUT2D eigenvalue weighted by Gasteiger charge is -2.32. The fourth-order valence-electron chi connectivity index (χ4n) is 3.54. The Morgan fingerprint density at radius 3 is 2.65 bits per heavy atom. The number of amides is 2. The van der Waals surface area contributed by atoms with Crippen molar-refractivity contribution in [3.63, 3.8) is 0 Å². The third kappa shape index (κ3) is 4.69. The first-order valence-corrected chi connectivity index (χ1v) is 10.2. The molecule has 2 aromatic rings. The van der Waals surface area contributed by atoms with Gasteiger partial charge >= 0.3 is 0 Å². The van der Waals surface area contributed by atoms with Crippen molar-refractivity contribution in [3.05, 3.63) is 53.6 Å². The molecule has 2 amide bonds. The van der Waals surface area contributed by atoms with Crippen LogP contribution in [0.3, 0.4) is 0 Å². The van der Waals surface area contributed by atoms with Crippen molar-refractivity contribution < 1.29 is 28.6 Å². The van der Waals surface area contributed by atoms with E-state index in [9.17, 15) is 14.4 Å². The molecule has 4 rings (SSSR count). The molecular weight excluding hydrogens is 400 g/mol. The minimum atomic E-state index is -0.324. The first-order chi connectivity index (χ1) is 15.0. The Bertz CT molecular complexity index is 999. The van der Waals surface area contributed by atoms with E-state index in [4.69, 9.17) is 14.2 Å². The summed E-state index contributed by atoms with van der Waals surface area (Å²) in [6.07, 6.45) is 0. The topological polar surface area (TPSA) is 85.4 Å². The van der Waals surface area contributed by atoms with Gasteiger partial charge in [-0.15, -0.1) is 0 Å². The number of carbonyl (C=O) groups is 3. The van der Waals surface area contributed by atoms with Gasteiger partial charge in [-0.05, 0) is 36.8 Å². The van der Waals surface area contributed by atoms with Crippen molar-refractivity contribution >= 4 is 23.3 Å². The van der Waals surface area contributed by atoms with E-state index >= 15 is 0 Å². The zero-order chi connectivity index (χ0) is 21.8. The zero-order valence-corrected chi connectivity index (χ0v) is 17.3. The van der Waals surface area contributed by atoms with E-state index in [1.54, 1.807) is 29.2 Å². The Balaban J connectivity index is 1.49. The summed E-state index contributed by atoms with van der Waals surface area (Å²) in [7, 11) is 0. The number of carbonyl (C=O) groups excluding carboxylic acids is 3. The normalized spacial score (nSPS) is 15.8. The number of rotatable bonds is 6. The molecule has 8 nitrogen and oxygen atoms in total. The van der Waals surface area contributed by atoms with Crippen LogP contribution in [0.1, 0.15) is 15.9 Å². The average Bonchev–Trinajstić information content (AvgIpc) is 2.80. The summed E-state index contributed by atoms with van der Waals surface area (Å²) < 4.78 is 16.4. The van der Waals surface area contributed by atoms with Gasteiger partial charge in [0.2, 0.25) is 5.91 Å². The van der Waals surface area contributed by atoms with Crippen LogP contribution in [0.15, 0.2) is 42.5 Å². The molecular formula is C23H24N2O6. The molecule has 8 heteroatoms. The highest BCUT2D eigenvalue weighted by Crippen LogP contribution is 2.33. The van der Waals surface area contributed by atoms with Crippen molar-refractivity contribution in [2.24, 2.45) is 0 Å². The fraction of sp³-hybridized carbons (Fsp3) is 0.348. The number of nitrogens with zero attached hydrogens (tertiary/aromatic N) is 2. The summed E-state index contributed by atoms with van der Waals surface area (Å²) >= 11 is 0. The molecule has 2 aliphatic rings. The van der Waals surface area contributed by atoms with Crippen LogP contribution >= 0.6 is 0 Å². The van der Waals surface area contributed by atoms with Crippen molar-refractivity contribution in [2.45, 2.75) is 6.92 Å². The molecule has 0 aromatic heterocycles. The molecule has 0 saturated carbocycles. The van der Waals surface area contributed by atoms with Crippen molar-refractivity contribution in [3.8, 4) is 11.5 Å². The molecule has 2 aromatic carbocycles. The van der Waals surface area contributed by atoms with Gasteiger partial charge in [0.25, 0.3) is 5.91 Å². The van der Waals surface area contributed by atoms with E-state index in [-0.39, 0.29) is 37.4 Å². The Kier molecular flexibility index (Phi) is 6.18. The number of fused-ring (bicyclic) bond motifs is 1. The Labute approximate surface area is 180 Å². The van der Waals surface area contributed by atoms with E-state index in [1.807, 2.05) is 25.1 Å². The molecule has 1 fully saturated rings. The third-order valence-corrected chi connectivity index (χ3v) is 5.33.